The second-order valence-electron chi connectivity index (χ2n) is 4.90. The summed E-state index contributed by atoms with van der Waals surface area (Å²) < 4.78 is 1.04. The van der Waals surface area contributed by atoms with Gasteiger partial charge in [0, 0.05) is 41.0 Å². The van der Waals surface area contributed by atoms with Gasteiger partial charge >= 0.3 is 0 Å². The fourth-order valence-electron chi connectivity index (χ4n) is 2.42. The van der Waals surface area contributed by atoms with Crippen LogP contribution >= 0.6 is 43.5 Å². The maximum absolute atomic E-state index is 6.29. The molecule has 0 N–H and O–H groups in total. The molecule has 0 amide bonds. The van der Waals surface area contributed by atoms with Gasteiger partial charge < -0.3 is 4.90 Å². The fourth-order valence-corrected chi connectivity index (χ4v) is 3.65. The summed E-state index contributed by atoms with van der Waals surface area (Å²) in [4.78, 5) is 5.03. The second kappa shape index (κ2) is 7.99. The summed E-state index contributed by atoms with van der Waals surface area (Å²) in [5.74, 6) is 0. The molecule has 19 heavy (non-hydrogen) atoms. The molecular weight excluding hydrogens is 391 g/mol. The quantitative estimate of drug-likeness (QED) is 0.692. The highest BCUT2D eigenvalue weighted by molar-refractivity contribution is 9.10. The van der Waals surface area contributed by atoms with Crippen molar-refractivity contribution in [2.24, 2.45) is 0 Å². The molecule has 1 aromatic rings. The van der Waals surface area contributed by atoms with Crippen molar-refractivity contribution in [2.45, 2.75) is 13.0 Å². The topological polar surface area (TPSA) is 6.48 Å². The van der Waals surface area contributed by atoms with E-state index < -0.39 is 0 Å². The summed E-state index contributed by atoms with van der Waals surface area (Å²) in [6, 6.07) is 6.16. The van der Waals surface area contributed by atoms with Crippen molar-refractivity contribution < 1.29 is 0 Å². The van der Waals surface area contributed by atoms with Crippen LogP contribution in [0.25, 0.3) is 0 Å². The molecular formula is C14H19Br2ClN2. The van der Waals surface area contributed by atoms with Crippen LogP contribution < -0.4 is 0 Å². The zero-order valence-corrected chi connectivity index (χ0v) is 14.8. The Morgan fingerprint density at radius 2 is 1.84 bits per heavy atom. The minimum atomic E-state index is 0.857. The van der Waals surface area contributed by atoms with E-state index in [-0.39, 0.29) is 0 Å². The first-order chi connectivity index (χ1) is 9.19. The van der Waals surface area contributed by atoms with Gasteiger partial charge in [-0.3, -0.25) is 4.90 Å². The molecule has 1 aliphatic rings. The molecule has 0 radical (unpaired) electrons. The third-order valence-corrected chi connectivity index (χ3v) is 4.69. The van der Waals surface area contributed by atoms with Crippen molar-refractivity contribution in [2.75, 3.05) is 38.1 Å². The SMILES string of the molecule is Clc1cc(Br)ccc1CN1CCCN(CCBr)CC1. The number of halogens is 3. The molecule has 1 saturated heterocycles. The van der Waals surface area contributed by atoms with Gasteiger partial charge in [0.05, 0.1) is 0 Å². The van der Waals surface area contributed by atoms with Crippen molar-refractivity contribution in [3.05, 3.63) is 33.3 Å². The molecule has 1 aromatic carbocycles. The van der Waals surface area contributed by atoms with E-state index in [1.807, 2.05) is 6.07 Å². The van der Waals surface area contributed by atoms with Crippen LogP contribution in [-0.4, -0.2) is 47.9 Å². The van der Waals surface area contributed by atoms with Crippen LogP contribution in [0.15, 0.2) is 22.7 Å². The summed E-state index contributed by atoms with van der Waals surface area (Å²) in [6.07, 6.45) is 1.24. The lowest BCUT2D eigenvalue weighted by atomic mass is 10.2. The lowest BCUT2D eigenvalue weighted by molar-refractivity contribution is 0.258. The highest BCUT2D eigenvalue weighted by Gasteiger charge is 2.15. The van der Waals surface area contributed by atoms with Crippen LogP contribution in [0.4, 0.5) is 0 Å². The molecule has 0 aromatic heterocycles. The monoisotopic (exact) mass is 408 g/mol. The van der Waals surface area contributed by atoms with E-state index in [1.54, 1.807) is 0 Å². The van der Waals surface area contributed by atoms with Crippen LogP contribution in [0.1, 0.15) is 12.0 Å². The van der Waals surface area contributed by atoms with Crippen LogP contribution in [0.5, 0.6) is 0 Å². The summed E-state index contributed by atoms with van der Waals surface area (Å²) in [5, 5.41) is 1.92. The molecule has 2 nitrogen and oxygen atoms in total. The lowest BCUT2D eigenvalue weighted by Crippen LogP contribution is -2.31. The minimum absolute atomic E-state index is 0.857. The Morgan fingerprint density at radius 3 is 2.58 bits per heavy atom. The smallest absolute Gasteiger partial charge is 0.0462 e. The summed E-state index contributed by atoms with van der Waals surface area (Å²) in [5.41, 5.74) is 1.22. The molecule has 0 saturated carbocycles. The fraction of sp³-hybridized carbons (Fsp3) is 0.571. The predicted molar refractivity (Wildman–Crippen MR) is 89.3 cm³/mol. The number of benzene rings is 1. The molecule has 0 aliphatic carbocycles. The Hall–Kier alpha value is 0.390. The van der Waals surface area contributed by atoms with E-state index >= 15 is 0 Å². The highest BCUT2D eigenvalue weighted by atomic mass is 79.9. The van der Waals surface area contributed by atoms with Crippen LogP contribution in [0.2, 0.25) is 5.02 Å². The summed E-state index contributed by atoms with van der Waals surface area (Å²) >= 11 is 13.3. The van der Waals surface area contributed by atoms with E-state index in [2.05, 4.69) is 53.8 Å². The van der Waals surface area contributed by atoms with Gasteiger partial charge in [-0.05, 0) is 37.2 Å². The predicted octanol–water partition coefficient (Wildman–Crippen LogP) is 4.01. The minimum Gasteiger partial charge on any atom is -0.301 e. The third-order valence-electron chi connectivity index (χ3n) is 3.49. The van der Waals surface area contributed by atoms with Crippen LogP contribution in [0, 0.1) is 0 Å². The van der Waals surface area contributed by atoms with Gasteiger partial charge in [0.15, 0.2) is 0 Å². The average Bonchev–Trinajstić information content (AvgIpc) is 2.59. The van der Waals surface area contributed by atoms with E-state index in [9.17, 15) is 0 Å². The summed E-state index contributed by atoms with van der Waals surface area (Å²) in [7, 11) is 0. The number of nitrogens with zero attached hydrogens (tertiary/aromatic N) is 2. The van der Waals surface area contributed by atoms with Gasteiger partial charge in [-0.1, -0.05) is 49.5 Å². The molecule has 0 atom stereocenters. The van der Waals surface area contributed by atoms with Gasteiger partial charge in [0.2, 0.25) is 0 Å². The highest BCUT2D eigenvalue weighted by Crippen LogP contribution is 2.23. The summed E-state index contributed by atoms with van der Waals surface area (Å²) in [6.45, 7) is 6.74. The van der Waals surface area contributed by atoms with Gasteiger partial charge in [-0.15, -0.1) is 0 Å². The Bertz CT molecular complexity index is 414. The molecule has 0 spiro atoms. The maximum atomic E-state index is 6.29. The first-order valence-corrected chi connectivity index (χ1v) is 8.93. The second-order valence-corrected chi connectivity index (χ2v) is 7.01. The van der Waals surface area contributed by atoms with Crippen molar-refractivity contribution in [1.29, 1.82) is 0 Å². The molecule has 1 heterocycles. The molecule has 5 heteroatoms. The maximum Gasteiger partial charge on any atom is 0.0462 e. The van der Waals surface area contributed by atoms with Crippen LogP contribution in [0.3, 0.4) is 0 Å². The zero-order chi connectivity index (χ0) is 13.7. The normalized spacial score (nSPS) is 18.5. The molecule has 106 valence electrons. The number of hydrogen-bond donors (Lipinski definition) is 0. The van der Waals surface area contributed by atoms with Gasteiger partial charge in [-0.2, -0.15) is 0 Å². The molecule has 1 fully saturated rings. The van der Waals surface area contributed by atoms with E-state index in [1.165, 1.54) is 18.5 Å². The number of alkyl halides is 1. The van der Waals surface area contributed by atoms with Gasteiger partial charge in [0.1, 0.15) is 0 Å². The van der Waals surface area contributed by atoms with Crippen molar-refractivity contribution >= 4 is 43.5 Å². The third kappa shape index (κ3) is 5.01. The van der Waals surface area contributed by atoms with Crippen molar-refractivity contribution in [1.82, 2.24) is 9.80 Å². The Balaban J connectivity index is 1.92. The molecule has 0 unspecified atom stereocenters. The lowest BCUT2D eigenvalue weighted by Gasteiger charge is -2.21. The van der Waals surface area contributed by atoms with Gasteiger partial charge in [-0.25, -0.2) is 0 Å². The average molecular weight is 411 g/mol. The standard InChI is InChI=1S/C14H19Br2ClN2/c15-4-7-18-5-1-6-19(9-8-18)11-12-2-3-13(16)10-14(12)17/h2-3,10H,1,4-9,11H2. The largest absolute Gasteiger partial charge is 0.301 e. The zero-order valence-electron chi connectivity index (χ0n) is 10.9. The van der Waals surface area contributed by atoms with Crippen LogP contribution in [-0.2, 0) is 6.54 Å². The first kappa shape index (κ1) is 15.8. The first-order valence-electron chi connectivity index (χ1n) is 6.63. The molecule has 0 bridgehead atoms. The Morgan fingerprint density at radius 1 is 1.11 bits per heavy atom. The Labute approximate surface area is 137 Å². The molecule has 1 aliphatic heterocycles. The van der Waals surface area contributed by atoms with E-state index in [4.69, 9.17) is 11.6 Å². The van der Waals surface area contributed by atoms with Crippen molar-refractivity contribution in [3.63, 3.8) is 0 Å². The molecule has 2 rings (SSSR count). The van der Waals surface area contributed by atoms with Crippen molar-refractivity contribution in [3.8, 4) is 0 Å². The van der Waals surface area contributed by atoms with Gasteiger partial charge in [0.25, 0.3) is 0 Å². The number of hydrogen-bond acceptors (Lipinski definition) is 2. The van der Waals surface area contributed by atoms with E-state index in [0.717, 1.165) is 47.5 Å². The van der Waals surface area contributed by atoms with E-state index in [0.29, 0.717) is 0 Å². The Kier molecular flexibility index (Phi) is 6.63. The number of rotatable bonds is 4.